The molecule has 0 heterocycles. The van der Waals surface area contributed by atoms with Crippen LogP contribution in [0.3, 0.4) is 0 Å². The first kappa shape index (κ1) is 12.1. The monoisotopic (exact) mass is 190 g/mol. The lowest BCUT2D eigenvalue weighted by Gasteiger charge is -2.28. The van der Waals surface area contributed by atoms with Gasteiger partial charge >= 0.3 is 8.56 Å². The summed E-state index contributed by atoms with van der Waals surface area (Å²) in [5.74, 6) is 0. The molecule has 0 saturated heterocycles. The molecule has 1 atom stereocenters. The van der Waals surface area contributed by atoms with Crippen LogP contribution in [-0.2, 0) is 8.85 Å². The molecule has 0 aliphatic carbocycles. The van der Waals surface area contributed by atoms with E-state index in [2.05, 4.69) is 27.3 Å². The highest BCUT2D eigenvalue weighted by atomic mass is 28.4. The summed E-state index contributed by atoms with van der Waals surface area (Å²) in [5.41, 5.74) is 0. The number of rotatable bonds is 6. The molecule has 0 fully saturated rings. The Bertz CT molecular complexity index is 109. The second-order valence-corrected chi connectivity index (χ2v) is 6.78. The normalized spacial score (nSPS) is 16.5. The molecule has 0 amide bonds. The van der Waals surface area contributed by atoms with Crippen molar-refractivity contribution < 1.29 is 8.85 Å². The Morgan fingerprint density at radius 2 is 1.83 bits per heavy atom. The second kappa shape index (κ2) is 5.73. The first-order valence-electron chi connectivity index (χ1n) is 4.86. The Labute approximate surface area is 77.5 Å². The Morgan fingerprint density at radius 3 is 2.17 bits per heavy atom. The van der Waals surface area contributed by atoms with Crippen molar-refractivity contribution in [3.8, 4) is 0 Å². The van der Waals surface area contributed by atoms with Crippen molar-refractivity contribution in [2.75, 3.05) is 6.61 Å². The van der Waals surface area contributed by atoms with Crippen LogP contribution in [-0.4, -0.2) is 21.3 Å². The Morgan fingerprint density at radius 1 is 1.25 bits per heavy atom. The second-order valence-electron chi connectivity index (χ2n) is 3.48. The van der Waals surface area contributed by atoms with E-state index in [1.54, 1.807) is 0 Å². The summed E-state index contributed by atoms with van der Waals surface area (Å²) in [4.78, 5) is 0. The molecule has 0 radical (unpaired) electrons. The van der Waals surface area contributed by atoms with E-state index in [9.17, 15) is 0 Å². The van der Waals surface area contributed by atoms with Gasteiger partial charge in [-0.3, -0.25) is 0 Å². The van der Waals surface area contributed by atoms with Crippen LogP contribution in [0, 0.1) is 0 Å². The van der Waals surface area contributed by atoms with Crippen LogP contribution >= 0.6 is 0 Å². The van der Waals surface area contributed by atoms with Gasteiger partial charge in [-0.2, -0.15) is 0 Å². The quantitative estimate of drug-likeness (QED) is 0.600. The summed E-state index contributed by atoms with van der Waals surface area (Å²) in [7, 11) is -1.81. The van der Waals surface area contributed by atoms with Crippen molar-refractivity contribution in [2.24, 2.45) is 0 Å². The van der Waals surface area contributed by atoms with E-state index in [0.29, 0.717) is 6.10 Å². The minimum Gasteiger partial charge on any atom is -0.395 e. The van der Waals surface area contributed by atoms with Crippen LogP contribution in [0.5, 0.6) is 0 Å². The van der Waals surface area contributed by atoms with Crippen molar-refractivity contribution in [3.05, 3.63) is 0 Å². The smallest absolute Gasteiger partial charge is 0.335 e. The van der Waals surface area contributed by atoms with Crippen LogP contribution in [0.4, 0.5) is 0 Å². The van der Waals surface area contributed by atoms with E-state index < -0.39 is 8.56 Å². The third-order valence-corrected chi connectivity index (χ3v) is 4.92. The van der Waals surface area contributed by atoms with Crippen LogP contribution in [0.1, 0.15) is 34.1 Å². The zero-order valence-corrected chi connectivity index (χ0v) is 10.0. The largest absolute Gasteiger partial charge is 0.395 e. The molecule has 0 aromatic heterocycles. The minimum absolute atomic E-state index is 0.291. The summed E-state index contributed by atoms with van der Waals surface area (Å²) in [6.45, 7) is 11.3. The van der Waals surface area contributed by atoms with Crippen LogP contribution in [0.25, 0.3) is 0 Å². The molecule has 1 unspecified atom stereocenters. The Kier molecular flexibility index (Phi) is 5.79. The Balaban J connectivity index is 3.98. The van der Waals surface area contributed by atoms with E-state index in [1.807, 2.05) is 6.92 Å². The lowest BCUT2D eigenvalue weighted by Crippen LogP contribution is -2.40. The van der Waals surface area contributed by atoms with Gasteiger partial charge < -0.3 is 8.85 Å². The van der Waals surface area contributed by atoms with Gasteiger partial charge in [0.15, 0.2) is 0 Å². The van der Waals surface area contributed by atoms with Gasteiger partial charge in [0.2, 0.25) is 0 Å². The molecule has 74 valence electrons. The maximum absolute atomic E-state index is 5.84. The third-order valence-electron chi connectivity index (χ3n) is 1.64. The molecular weight excluding hydrogens is 168 g/mol. The summed E-state index contributed by atoms with van der Waals surface area (Å²) in [6.07, 6.45) is 1.44. The van der Waals surface area contributed by atoms with Crippen LogP contribution in [0.2, 0.25) is 12.6 Å². The molecule has 0 aromatic rings. The zero-order valence-electron chi connectivity index (χ0n) is 9.02. The lowest BCUT2D eigenvalue weighted by atomic mass is 10.5. The molecule has 12 heavy (non-hydrogen) atoms. The van der Waals surface area contributed by atoms with Crippen molar-refractivity contribution in [3.63, 3.8) is 0 Å². The van der Waals surface area contributed by atoms with Gasteiger partial charge in [-0.1, -0.05) is 13.3 Å². The highest BCUT2D eigenvalue weighted by molar-refractivity contribution is 6.66. The van der Waals surface area contributed by atoms with E-state index in [-0.39, 0.29) is 0 Å². The zero-order chi connectivity index (χ0) is 9.61. The predicted octanol–water partition coefficient (Wildman–Crippen LogP) is 2.93. The van der Waals surface area contributed by atoms with E-state index >= 15 is 0 Å². The van der Waals surface area contributed by atoms with Crippen molar-refractivity contribution in [2.45, 2.75) is 52.8 Å². The van der Waals surface area contributed by atoms with Gasteiger partial charge in [0, 0.05) is 12.7 Å². The number of hydrogen-bond acceptors (Lipinski definition) is 2. The fourth-order valence-electron chi connectivity index (χ4n) is 1.42. The van der Waals surface area contributed by atoms with E-state index in [0.717, 1.165) is 19.1 Å². The van der Waals surface area contributed by atoms with Gasteiger partial charge in [0.25, 0.3) is 0 Å². The van der Waals surface area contributed by atoms with E-state index in [1.165, 1.54) is 0 Å². The maximum atomic E-state index is 5.84. The summed E-state index contributed by atoms with van der Waals surface area (Å²) >= 11 is 0. The summed E-state index contributed by atoms with van der Waals surface area (Å²) < 4.78 is 11.5. The van der Waals surface area contributed by atoms with Gasteiger partial charge in [0.05, 0.1) is 0 Å². The molecule has 0 aliphatic heterocycles. The fraction of sp³-hybridized carbons (Fsp3) is 1.00. The third kappa shape index (κ3) is 4.90. The fourth-order valence-corrected chi connectivity index (χ4v) is 4.27. The van der Waals surface area contributed by atoms with Crippen LogP contribution in [0.15, 0.2) is 0 Å². The summed E-state index contributed by atoms with van der Waals surface area (Å²) in [6, 6.07) is 1.10. The predicted molar refractivity (Wildman–Crippen MR) is 54.6 cm³/mol. The van der Waals surface area contributed by atoms with Crippen molar-refractivity contribution in [1.82, 2.24) is 0 Å². The highest BCUT2D eigenvalue weighted by Gasteiger charge is 2.30. The van der Waals surface area contributed by atoms with Crippen molar-refractivity contribution >= 4 is 8.56 Å². The molecule has 0 bridgehead atoms. The molecule has 0 spiro atoms. The standard InChI is InChI=1S/C9H22O2Si/c1-6-8-12(5,10-7-2)11-9(3)4/h9H,6-8H2,1-5H3. The Hall–Kier alpha value is 0.137. The number of hydrogen-bond donors (Lipinski definition) is 0. The summed E-state index contributed by atoms with van der Waals surface area (Å²) in [5, 5.41) is 0. The van der Waals surface area contributed by atoms with Gasteiger partial charge in [-0.05, 0) is 33.4 Å². The molecule has 3 heteroatoms. The minimum atomic E-state index is -1.81. The highest BCUT2D eigenvalue weighted by Crippen LogP contribution is 2.17. The molecule has 0 rings (SSSR count). The molecule has 0 aliphatic rings. The molecule has 2 nitrogen and oxygen atoms in total. The first-order chi connectivity index (χ1) is 5.54. The average Bonchev–Trinajstić information content (AvgIpc) is 1.85. The molecule has 0 aromatic carbocycles. The van der Waals surface area contributed by atoms with Crippen molar-refractivity contribution in [1.29, 1.82) is 0 Å². The molecule has 0 saturated carbocycles. The SMILES string of the molecule is CCC[Si](C)(OCC)OC(C)C. The van der Waals surface area contributed by atoms with Gasteiger partial charge in [0.1, 0.15) is 0 Å². The topological polar surface area (TPSA) is 18.5 Å². The van der Waals surface area contributed by atoms with E-state index in [4.69, 9.17) is 8.85 Å². The molecular formula is C9H22O2Si. The maximum Gasteiger partial charge on any atom is 0.335 e. The lowest BCUT2D eigenvalue weighted by molar-refractivity contribution is 0.141. The van der Waals surface area contributed by atoms with Gasteiger partial charge in [-0.15, -0.1) is 0 Å². The van der Waals surface area contributed by atoms with Gasteiger partial charge in [-0.25, -0.2) is 0 Å². The average molecular weight is 190 g/mol. The van der Waals surface area contributed by atoms with Crippen LogP contribution < -0.4 is 0 Å². The first-order valence-corrected chi connectivity index (χ1v) is 7.38. The molecule has 0 N–H and O–H groups in total.